The van der Waals surface area contributed by atoms with Crippen molar-refractivity contribution >= 4 is 12.0 Å². The molecule has 4 heteroatoms. The normalized spacial score (nSPS) is 31.7. The highest BCUT2D eigenvalue weighted by Crippen LogP contribution is 2.50. The van der Waals surface area contributed by atoms with Crippen molar-refractivity contribution in [3.63, 3.8) is 0 Å². The number of benzene rings is 1. The number of fused-ring (bicyclic) bond motifs is 1. The van der Waals surface area contributed by atoms with Crippen LogP contribution in [0.3, 0.4) is 0 Å². The summed E-state index contributed by atoms with van der Waals surface area (Å²) in [6, 6.07) is 10.5. The standard InChI is InChI=1S/C25H28FNO2/c1-4-19-15(2)13-22-24(16(3)29-25(22)28)21(19)12-11-18-10-9-17(14-27-18)20-7-5-6-8-23(20)26/h5-12,14-16,19,21-22,24H,4,13H2,1-3H3/b12-11+/t15-,16+,19+,21-,22+,24-/m0/s1. The molecule has 2 heterocycles. The molecule has 1 saturated heterocycles. The van der Waals surface area contributed by atoms with E-state index < -0.39 is 0 Å². The number of aromatic nitrogens is 1. The maximum atomic E-state index is 14.0. The number of carbonyl (C=O) groups excluding carboxylic acids is 1. The molecule has 1 aromatic heterocycles. The average Bonchev–Trinajstić information content (AvgIpc) is 3.00. The maximum absolute atomic E-state index is 14.0. The summed E-state index contributed by atoms with van der Waals surface area (Å²) in [7, 11) is 0. The zero-order chi connectivity index (χ0) is 20.5. The minimum absolute atomic E-state index is 0.00819. The highest BCUT2D eigenvalue weighted by Gasteiger charge is 2.52. The van der Waals surface area contributed by atoms with Crippen LogP contribution >= 0.6 is 0 Å². The quantitative estimate of drug-likeness (QED) is 0.620. The number of ether oxygens (including phenoxy) is 1. The summed E-state index contributed by atoms with van der Waals surface area (Å²) < 4.78 is 19.6. The van der Waals surface area contributed by atoms with Crippen LogP contribution in [-0.2, 0) is 9.53 Å². The number of rotatable bonds is 4. The summed E-state index contributed by atoms with van der Waals surface area (Å²) in [5, 5.41) is 0. The fourth-order valence-corrected chi connectivity index (χ4v) is 5.42. The van der Waals surface area contributed by atoms with Crippen LogP contribution in [0.5, 0.6) is 0 Å². The molecule has 29 heavy (non-hydrogen) atoms. The van der Waals surface area contributed by atoms with Gasteiger partial charge in [-0.1, -0.05) is 50.6 Å². The largest absolute Gasteiger partial charge is 0.462 e. The van der Waals surface area contributed by atoms with Gasteiger partial charge in [-0.3, -0.25) is 9.78 Å². The van der Waals surface area contributed by atoms with Crippen molar-refractivity contribution in [1.82, 2.24) is 4.98 Å². The molecule has 0 N–H and O–H groups in total. The van der Waals surface area contributed by atoms with Crippen molar-refractivity contribution in [1.29, 1.82) is 0 Å². The second kappa shape index (κ2) is 8.10. The first-order valence-electron chi connectivity index (χ1n) is 10.6. The summed E-state index contributed by atoms with van der Waals surface area (Å²) in [6.45, 7) is 6.50. The van der Waals surface area contributed by atoms with Gasteiger partial charge in [0.2, 0.25) is 0 Å². The molecule has 2 aliphatic rings. The van der Waals surface area contributed by atoms with Crippen LogP contribution in [0, 0.1) is 35.4 Å². The van der Waals surface area contributed by atoms with Crippen LogP contribution in [0.2, 0.25) is 0 Å². The van der Waals surface area contributed by atoms with E-state index in [1.165, 1.54) is 6.07 Å². The number of nitrogens with zero attached hydrogens (tertiary/aromatic N) is 1. The summed E-state index contributed by atoms with van der Waals surface area (Å²) in [6.07, 6.45) is 7.95. The third-order valence-corrected chi connectivity index (χ3v) is 6.84. The van der Waals surface area contributed by atoms with Gasteiger partial charge in [-0.2, -0.15) is 0 Å². The van der Waals surface area contributed by atoms with E-state index in [0.29, 0.717) is 23.3 Å². The Kier molecular flexibility index (Phi) is 5.53. The zero-order valence-corrected chi connectivity index (χ0v) is 17.2. The molecule has 1 saturated carbocycles. The van der Waals surface area contributed by atoms with E-state index in [9.17, 15) is 9.18 Å². The van der Waals surface area contributed by atoms with E-state index in [0.717, 1.165) is 24.1 Å². The molecule has 0 amide bonds. The summed E-state index contributed by atoms with van der Waals surface area (Å²) >= 11 is 0. The van der Waals surface area contributed by atoms with Gasteiger partial charge >= 0.3 is 5.97 Å². The molecule has 0 spiro atoms. The van der Waals surface area contributed by atoms with Crippen molar-refractivity contribution in [3.8, 4) is 11.1 Å². The van der Waals surface area contributed by atoms with Crippen LogP contribution in [0.15, 0.2) is 48.7 Å². The molecule has 1 aromatic carbocycles. The smallest absolute Gasteiger partial charge is 0.309 e. The van der Waals surface area contributed by atoms with Crippen LogP contribution in [-0.4, -0.2) is 17.1 Å². The number of allylic oxidation sites excluding steroid dienone is 1. The Morgan fingerprint density at radius 1 is 1.21 bits per heavy atom. The van der Waals surface area contributed by atoms with Gasteiger partial charge < -0.3 is 4.74 Å². The van der Waals surface area contributed by atoms with Gasteiger partial charge in [0.05, 0.1) is 11.6 Å². The van der Waals surface area contributed by atoms with Crippen LogP contribution in [0.4, 0.5) is 4.39 Å². The number of carbonyl (C=O) groups is 1. The van der Waals surface area contributed by atoms with Gasteiger partial charge in [0.25, 0.3) is 0 Å². The molecule has 4 rings (SSSR count). The third-order valence-electron chi connectivity index (χ3n) is 6.84. The Bertz CT molecular complexity index is 907. The van der Waals surface area contributed by atoms with Crippen molar-refractivity contribution in [2.45, 2.75) is 39.7 Å². The minimum atomic E-state index is -0.245. The Hall–Kier alpha value is -2.49. The number of esters is 1. The summed E-state index contributed by atoms with van der Waals surface area (Å²) in [5.41, 5.74) is 2.16. The monoisotopic (exact) mass is 393 g/mol. The SMILES string of the molecule is CC[C@H]1[C@H](/C=C/c2ccc(-c3ccccc3F)cn2)[C@@H]2[C@@H](C)OC(=O)[C@@H]2C[C@@H]1C. The fraction of sp³-hybridized carbons (Fsp3) is 0.440. The fourth-order valence-electron chi connectivity index (χ4n) is 5.42. The molecule has 152 valence electrons. The number of cyclic esters (lactones) is 1. The van der Waals surface area contributed by atoms with E-state index in [-0.39, 0.29) is 29.7 Å². The molecule has 0 unspecified atom stereocenters. The number of hydrogen-bond acceptors (Lipinski definition) is 3. The van der Waals surface area contributed by atoms with Crippen molar-refractivity contribution in [2.24, 2.45) is 29.6 Å². The Labute approximate surface area is 172 Å². The van der Waals surface area contributed by atoms with Crippen molar-refractivity contribution in [2.75, 3.05) is 0 Å². The van der Waals surface area contributed by atoms with Gasteiger partial charge in [-0.15, -0.1) is 0 Å². The predicted octanol–water partition coefficient (Wildman–Crippen LogP) is 5.76. The topological polar surface area (TPSA) is 39.2 Å². The molecule has 3 nitrogen and oxygen atoms in total. The molecule has 6 atom stereocenters. The first kappa shape index (κ1) is 19.8. The second-order valence-electron chi connectivity index (χ2n) is 8.50. The first-order chi connectivity index (χ1) is 14.0. The molecule has 0 radical (unpaired) electrons. The number of halogens is 1. The lowest BCUT2D eigenvalue weighted by Crippen LogP contribution is -2.40. The minimum Gasteiger partial charge on any atom is -0.462 e. The first-order valence-corrected chi connectivity index (χ1v) is 10.6. The van der Waals surface area contributed by atoms with E-state index in [1.807, 2.05) is 31.2 Å². The van der Waals surface area contributed by atoms with E-state index >= 15 is 0 Å². The summed E-state index contributed by atoms with van der Waals surface area (Å²) in [4.78, 5) is 16.8. The van der Waals surface area contributed by atoms with Crippen molar-refractivity contribution < 1.29 is 13.9 Å². The number of pyridine rings is 1. The Morgan fingerprint density at radius 2 is 2.00 bits per heavy atom. The molecule has 1 aliphatic carbocycles. The van der Waals surface area contributed by atoms with Gasteiger partial charge in [-0.05, 0) is 49.3 Å². The van der Waals surface area contributed by atoms with Gasteiger partial charge in [0.1, 0.15) is 11.9 Å². The van der Waals surface area contributed by atoms with E-state index in [2.05, 4.69) is 24.9 Å². The van der Waals surface area contributed by atoms with Gasteiger partial charge in [0, 0.05) is 23.2 Å². The molecule has 1 aliphatic heterocycles. The molecular weight excluding hydrogens is 365 g/mol. The molecule has 2 aromatic rings. The average molecular weight is 394 g/mol. The van der Waals surface area contributed by atoms with Crippen LogP contribution in [0.1, 0.15) is 39.3 Å². The van der Waals surface area contributed by atoms with Crippen LogP contribution < -0.4 is 0 Å². The van der Waals surface area contributed by atoms with E-state index in [1.54, 1.807) is 18.3 Å². The van der Waals surface area contributed by atoms with Crippen LogP contribution in [0.25, 0.3) is 17.2 Å². The van der Waals surface area contributed by atoms with E-state index in [4.69, 9.17) is 4.74 Å². The Balaban J connectivity index is 1.58. The lowest BCUT2D eigenvalue weighted by molar-refractivity contribution is -0.144. The number of hydrogen-bond donors (Lipinski definition) is 0. The lowest BCUT2D eigenvalue weighted by Gasteiger charge is -2.41. The third kappa shape index (κ3) is 3.73. The van der Waals surface area contributed by atoms with Crippen molar-refractivity contribution in [3.05, 3.63) is 60.2 Å². The molecule has 0 bridgehead atoms. The molecule has 2 fully saturated rings. The molecular formula is C25H28FNO2. The summed E-state index contributed by atoms with van der Waals surface area (Å²) in [5.74, 6) is 1.28. The van der Waals surface area contributed by atoms with Gasteiger partial charge in [0.15, 0.2) is 0 Å². The zero-order valence-electron chi connectivity index (χ0n) is 17.2. The van der Waals surface area contributed by atoms with Gasteiger partial charge in [-0.25, -0.2) is 4.39 Å². The maximum Gasteiger partial charge on any atom is 0.309 e. The lowest BCUT2D eigenvalue weighted by atomic mass is 9.61. The predicted molar refractivity (Wildman–Crippen MR) is 112 cm³/mol. The second-order valence-corrected chi connectivity index (χ2v) is 8.50. The highest BCUT2D eigenvalue weighted by molar-refractivity contribution is 5.75. The highest BCUT2D eigenvalue weighted by atomic mass is 19.1. The Morgan fingerprint density at radius 3 is 2.69 bits per heavy atom.